The zero-order valence-corrected chi connectivity index (χ0v) is 16.5. The van der Waals surface area contributed by atoms with E-state index >= 15 is 0 Å². The number of carbonyl (C=O) groups is 1. The van der Waals surface area contributed by atoms with Crippen LogP contribution in [0.2, 0.25) is 0 Å². The lowest BCUT2D eigenvalue weighted by atomic mass is 10.0. The molecule has 2 unspecified atom stereocenters. The number of hydrogen-bond donors (Lipinski definition) is 1. The van der Waals surface area contributed by atoms with Crippen LogP contribution in [0.1, 0.15) is 24.2 Å². The standard InChI is InChI=1S/C23H23N5O/c1-15-12-27(13-16(2)24-15)23(29)20-14-28-21(17-8-4-3-5-9-17)25-26-22(28)19-11-7-6-10-18(19)20/h3-11,14-16,24H,12-13H2,1-2H3. The molecule has 29 heavy (non-hydrogen) atoms. The average Bonchev–Trinajstić information content (AvgIpc) is 3.17. The maximum absolute atomic E-state index is 13.6. The Balaban J connectivity index is 1.70. The van der Waals surface area contributed by atoms with Crippen LogP contribution in [-0.4, -0.2) is 50.6 Å². The van der Waals surface area contributed by atoms with E-state index in [1.165, 1.54) is 0 Å². The predicted octanol–water partition coefficient (Wildman–Crippen LogP) is 3.37. The van der Waals surface area contributed by atoms with Crippen molar-refractivity contribution in [1.82, 2.24) is 24.8 Å². The van der Waals surface area contributed by atoms with Crippen LogP contribution in [0.3, 0.4) is 0 Å². The lowest BCUT2D eigenvalue weighted by Crippen LogP contribution is -2.55. The fourth-order valence-corrected chi connectivity index (χ4v) is 4.33. The van der Waals surface area contributed by atoms with Crippen LogP contribution in [0.15, 0.2) is 60.8 Å². The summed E-state index contributed by atoms with van der Waals surface area (Å²) >= 11 is 0. The fourth-order valence-electron chi connectivity index (χ4n) is 4.33. The minimum absolute atomic E-state index is 0.0519. The van der Waals surface area contributed by atoms with E-state index in [1.54, 1.807) is 0 Å². The molecule has 0 saturated carbocycles. The van der Waals surface area contributed by atoms with Crippen LogP contribution < -0.4 is 5.32 Å². The highest BCUT2D eigenvalue weighted by Crippen LogP contribution is 2.28. The molecule has 4 aromatic rings. The van der Waals surface area contributed by atoms with Crippen molar-refractivity contribution >= 4 is 22.3 Å². The molecule has 6 heteroatoms. The van der Waals surface area contributed by atoms with E-state index in [0.717, 1.165) is 27.8 Å². The molecular formula is C23H23N5O. The average molecular weight is 385 g/mol. The molecular weight excluding hydrogens is 362 g/mol. The van der Waals surface area contributed by atoms with Crippen LogP contribution in [0, 0.1) is 0 Å². The van der Waals surface area contributed by atoms with Gasteiger partial charge in [-0.3, -0.25) is 9.20 Å². The third kappa shape index (κ3) is 3.06. The minimum atomic E-state index is 0.0519. The third-order valence-corrected chi connectivity index (χ3v) is 5.52. The van der Waals surface area contributed by atoms with Gasteiger partial charge in [0.2, 0.25) is 0 Å². The Labute approximate surface area is 169 Å². The van der Waals surface area contributed by atoms with Crippen LogP contribution in [0.4, 0.5) is 0 Å². The Kier molecular flexibility index (Phi) is 4.28. The van der Waals surface area contributed by atoms with Crippen LogP contribution in [-0.2, 0) is 0 Å². The Morgan fingerprint density at radius 1 is 0.931 bits per heavy atom. The molecule has 1 amide bonds. The highest BCUT2D eigenvalue weighted by molar-refractivity contribution is 6.10. The predicted molar refractivity (Wildman–Crippen MR) is 114 cm³/mol. The summed E-state index contributed by atoms with van der Waals surface area (Å²) in [6.07, 6.45) is 1.90. The normalized spacial score (nSPS) is 19.7. The van der Waals surface area contributed by atoms with E-state index in [-0.39, 0.29) is 18.0 Å². The molecule has 2 aromatic heterocycles. The smallest absolute Gasteiger partial charge is 0.256 e. The molecule has 0 bridgehead atoms. The quantitative estimate of drug-likeness (QED) is 0.575. The van der Waals surface area contributed by atoms with Gasteiger partial charge in [-0.25, -0.2) is 0 Å². The number of rotatable bonds is 2. The van der Waals surface area contributed by atoms with Gasteiger partial charge in [0, 0.05) is 42.3 Å². The summed E-state index contributed by atoms with van der Waals surface area (Å²) < 4.78 is 1.94. The maximum atomic E-state index is 13.6. The number of aromatic nitrogens is 3. The van der Waals surface area contributed by atoms with Crippen molar-refractivity contribution in [3.05, 3.63) is 66.4 Å². The largest absolute Gasteiger partial charge is 0.335 e. The van der Waals surface area contributed by atoms with Crippen LogP contribution >= 0.6 is 0 Å². The molecule has 2 atom stereocenters. The number of pyridine rings is 1. The maximum Gasteiger partial charge on any atom is 0.256 e. The lowest BCUT2D eigenvalue weighted by molar-refractivity contribution is 0.0675. The first-order chi connectivity index (χ1) is 14.1. The topological polar surface area (TPSA) is 62.5 Å². The van der Waals surface area contributed by atoms with Crippen molar-refractivity contribution in [1.29, 1.82) is 0 Å². The minimum Gasteiger partial charge on any atom is -0.335 e. The first kappa shape index (κ1) is 17.8. The summed E-state index contributed by atoms with van der Waals surface area (Å²) in [5.41, 5.74) is 2.42. The molecule has 1 N–H and O–H groups in total. The summed E-state index contributed by atoms with van der Waals surface area (Å²) in [6.45, 7) is 5.63. The molecule has 3 heterocycles. The van der Waals surface area contributed by atoms with Gasteiger partial charge in [0.05, 0.1) is 5.56 Å². The Morgan fingerprint density at radius 2 is 1.59 bits per heavy atom. The van der Waals surface area contributed by atoms with Crippen LogP contribution in [0.25, 0.3) is 27.8 Å². The molecule has 1 fully saturated rings. The fraction of sp³-hybridized carbons (Fsp3) is 0.261. The van der Waals surface area contributed by atoms with Crippen molar-refractivity contribution in [2.45, 2.75) is 25.9 Å². The van der Waals surface area contributed by atoms with Gasteiger partial charge in [-0.15, -0.1) is 10.2 Å². The van der Waals surface area contributed by atoms with Gasteiger partial charge in [0.1, 0.15) is 0 Å². The second-order valence-corrected chi connectivity index (χ2v) is 7.85. The highest BCUT2D eigenvalue weighted by Gasteiger charge is 2.27. The zero-order chi connectivity index (χ0) is 20.0. The number of benzene rings is 2. The van der Waals surface area contributed by atoms with E-state index in [2.05, 4.69) is 29.4 Å². The number of hydrogen-bond acceptors (Lipinski definition) is 4. The van der Waals surface area contributed by atoms with Crippen molar-refractivity contribution < 1.29 is 4.79 Å². The molecule has 0 spiro atoms. The van der Waals surface area contributed by atoms with Crippen LogP contribution in [0.5, 0.6) is 0 Å². The van der Waals surface area contributed by atoms with E-state index in [4.69, 9.17) is 0 Å². The van der Waals surface area contributed by atoms with E-state index in [0.29, 0.717) is 18.7 Å². The van der Waals surface area contributed by atoms with E-state index < -0.39 is 0 Å². The summed E-state index contributed by atoms with van der Waals surface area (Å²) in [5, 5.41) is 14.2. The number of carbonyl (C=O) groups excluding carboxylic acids is 1. The second kappa shape index (κ2) is 6.97. The number of nitrogens with one attached hydrogen (secondary N) is 1. The Morgan fingerprint density at radius 3 is 2.31 bits per heavy atom. The van der Waals surface area contributed by atoms with Gasteiger partial charge in [-0.1, -0.05) is 54.6 Å². The monoisotopic (exact) mass is 385 g/mol. The van der Waals surface area contributed by atoms with Gasteiger partial charge in [-0.05, 0) is 19.2 Å². The lowest BCUT2D eigenvalue weighted by Gasteiger charge is -2.36. The van der Waals surface area contributed by atoms with Gasteiger partial charge in [0.15, 0.2) is 11.5 Å². The highest BCUT2D eigenvalue weighted by atomic mass is 16.2. The van der Waals surface area contributed by atoms with Crippen molar-refractivity contribution in [2.24, 2.45) is 0 Å². The number of nitrogens with zero attached hydrogens (tertiary/aromatic N) is 4. The molecule has 1 saturated heterocycles. The Hall–Kier alpha value is -3.25. The first-order valence-corrected chi connectivity index (χ1v) is 9.99. The van der Waals surface area contributed by atoms with E-state index in [1.807, 2.05) is 70.1 Å². The summed E-state index contributed by atoms with van der Waals surface area (Å²) in [5.74, 6) is 0.790. The molecule has 5 rings (SSSR count). The van der Waals surface area contributed by atoms with Crippen molar-refractivity contribution in [3.63, 3.8) is 0 Å². The molecule has 1 aliphatic heterocycles. The Bertz CT molecular complexity index is 1190. The first-order valence-electron chi connectivity index (χ1n) is 9.99. The summed E-state index contributed by atoms with van der Waals surface area (Å²) in [4.78, 5) is 15.5. The molecule has 0 aliphatic carbocycles. The van der Waals surface area contributed by atoms with Gasteiger partial charge < -0.3 is 10.2 Å². The summed E-state index contributed by atoms with van der Waals surface area (Å²) in [7, 11) is 0. The molecule has 1 aliphatic rings. The van der Waals surface area contributed by atoms with E-state index in [9.17, 15) is 4.79 Å². The molecule has 2 aromatic carbocycles. The number of fused-ring (bicyclic) bond motifs is 3. The van der Waals surface area contributed by atoms with Gasteiger partial charge in [0.25, 0.3) is 5.91 Å². The van der Waals surface area contributed by atoms with Gasteiger partial charge in [-0.2, -0.15) is 0 Å². The number of amides is 1. The second-order valence-electron chi connectivity index (χ2n) is 7.85. The SMILES string of the molecule is CC1CN(C(=O)c2cn3c(-c4ccccc4)nnc3c3ccccc23)CC(C)N1. The molecule has 146 valence electrons. The summed E-state index contributed by atoms with van der Waals surface area (Å²) in [6, 6.07) is 18.4. The number of piperazine rings is 1. The third-order valence-electron chi connectivity index (χ3n) is 5.52. The molecule has 0 radical (unpaired) electrons. The van der Waals surface area contributed by atoms with Crippen molar-refractivity contribution in [3.8, 4) is 11.4 Å². The zero-order valence-electron chi connectivity index (χ0n) is 16.5. The van der Waals surface area contributed by atoms with Crippen molar-refractivity contribution in [2.75, 3.05) is 13.1 Å². The molecule has 6 nitrogen and oxygen atoms in total. The van der Waals surface area contributed by atoms with Gasteiger partial charge >= 0.3 is 0 Å².